The SMILES string of the molecule is O=C(N[C@@H]1C[C@H]2CC[C@@H]1N2)c1ncc(-c2ccccc2Cl)o1. The first-order valence-corrected chi connectivity index (χ1v) is 7.86. The molecule has 2 fully saturated rings. The molecule has 2 saturated heterocycles. The van der Waals surface area contributed by atoms with Gasteiger partial charge in [-0.2, -0.15) is 0 Å². The van der Waals surface area contributed by atoms with E-state index in [0.29, 0.717) is 22.9 Å². The molecule has 1 amide bonds. The molecular weight excluding hydrogens is 302 g/mol. The van der Waals surface area contributed by atoms with Crippen LogP contribution in [0.5, 0.6) is 0 Å². The summed E-state index contributed by atoms with van der Waals surface area (Å²) in [6.45, 7) is 0. The van der Waals surface area contributed by atoms with Gasteiger partial charge in [-0.05, 0) is 31.4 Å². The van der Waals surface area contributed by atoms with Crippen molar-refractivity contribution in [3.63, 3.8) is 0 Å². The van der Waals surface area contributed by atoms with Gasteiger partial charge >= 0.3 is 5.91 Å². The van der Waals surface area contributed by atoms with E-state index in [-0.39, 0.29) is 17.8 Å². The van der Waals surface area contributed by atoms with Gasteiger partial charge in [0.2, 0.25) is 0 Å². The molecule has 4 rings (SSSR count). The lowest BCUT2D eigenvalue weighted by molar-refractivity contribution is 0.0896. The van der Waals surface area contributed by atoms with E-state index < -0.39 is 0 Å². The average molecular weight is 318 g/mol. The van der Waals surface area contributed by atoms with Crippen LogP contribution >= 0.6 is 11.6 Å². The first-order valence-electron chi connectivity index (χ1n) is 7.48. The van der Waals surface area contributed by atoms with Crippen LogP contribution < -0.4 is 10.6 Å². The third-order valence-corrected chi connectivity index (χ3v) is 4.79. The van der Waals surface area contributed by atoms with Crippen LogP contribution in [0.4, 0.5) is 0 Å². The molecule has 0 spiro atoms. The van der Waals surface area contributed by atoms with E-state index in [1.165, 1.54) is 12.6 Å². The van der Waals surface area contributed by atoms with Gasteiger partial charge in [-0.3, -0.25) is 4.79 Å². The number of oxazole rings is 1. The molecular formula is C16H16ClN3O2. The predicted octanol–water partition coefficient (Wildman–Crippen LogP) is 2.62. The summed E-state index contributed by atoms with van der Waals surface area (Å²) < 4.78 is 5.57. The van der Waals surface area contributed by atoms with Gasteiger partial charge in [-0.15, -0.1) is 0 Å². The van der Waals surface area contributed by atoms with Crippen molar-refractivity contribution in [2.45, 2.75) is 37.4 Å². The van der Waals surface area contributed by atoms with Crippen molar-refractivity contribution in [1.82, 2.24) is 15.6 Å². The van der Waals surface area contributed by atoms with E-state index in [2.05, 4.69) is 15.6 Å². The second kappa shape index (κ2) is 5.41. The molecule has 0 saturated carbocycles. The lowest BCUT2D eigenvalue weighted by Crippen LogP contribution is -2.43. The lowest BCUT2D eigenvalue weighted by atomic mass is 9.95. The Labute approximate surface area is 133 Å². The Hall–Kier alpha value is -1.85. The zero-order chi connectivity index (χ0) is 15.1. The summed E-state index contributed by atoms with van der Waals surface area (Å²) in [6, 6.07) is 8.42. The molecule has 2 aliphatic rings. The summed E-state index contributed by atoms with van der Waals surface area (Å²) in [4.78, 5) is 16.4. The van der Waals surface area contributed by atoms with E-state index in [4.69, 9.17) is 16.0 Å². The highest BCUT2D eigenvalue weighted by molar-refractivity contribution is 6.33. The standard InChI is InChI=1S/C16H16ClN3O2/c17-11-4-2-1-3-10(11)14-8-18-16(22-14)15(21)20-13-7-9-5-6-12(13)19-9/h1-4,8-9,12-13,19H,5-7H2,(H,20,21)/t9-,12+,13-/m1/s1. The highest BCUT2D eigenvalue weighted by Crippen LogP contribution is 2.29. The normalized spacial score (nSPS) is 26.3. The molecule has 2 aliphatic heterocycles. The third kappa shape index (κ3) is 2.40. The summed E-state index contributed by atoms with van der Waals surface area (Å²) in [5, 5.41) is 7.08. The van der Waals surface area contributed by atoms with Gasteiger partial charge in [-0.25, -0.2) is 4.98 Å². The van der Waals surface area contributed by atoms with E-state index in [0.717, 1.165) is 18.4 Å². The lowest BCUT2D eigenvalue weighted by Gasteiger charge is -2.20. The zero-order valence-corrected chi connectivity index (χ0v) is 12.6. The van der Waals surface area contributed by atoms with Crippen molar-refractivity contribution in [2.24, 2.45) is 0 Å². The molecule has 114 valence electrons. The fourth-order valence-corrected chi connectivity index (χ4v) is 3.61. The highest BCUT2D eigenvalue weighted by Gasteiger charge is 2.40. The average Bonchev–Trinajstić information content (AvgIpc) is 3.24. The quantitative estimate of drug-likeness (QED) is 0.913. The molecule has 0 aliphatic carbocycles. The molecule has 2 bridgehead atoms. The monoisotopic (exact) mass is 317 g/mol. The Morgan fingerprint density at radius 1 is 1.36 bits per heavy atom. The maximum absolute atomic E-state index is 12.3. The number of carbonyl (C=O) groups excluding carboxylic acids is 1. The van der Waals surface area contributed by atoms with E-state index in [1.54, 1.807) is 6.07 Å². The van der Waals surface area contributed by atoms with Gasteiger partial charge < -0.3 is 15.1 Å². The summed E-state index contributed by atoms with van der Waals surface area (Å²) in [5.74, 6) is 0.317. The van der Waals surface area contributed by atoms with Crippen LogP contribution in [-0.4, -0.2) is 29.0 Å². The minimum atomic E-state index is -0.266. The van der Waals surface area contributed by atoms with Gasteiger partial charge in [0.25, 0.3) is 5.89 Å². The van der Waals surface area contributed by atoms with Crippen molar-refractivity contribution in [3.8, 4) is 11.3 Å². The van der Waals surface area contributed by atoms with Crippen LogP contribution in [0.15, 0.2) is 34.9 Å². The molecule has 0 radical (unpaired) electrons. The molecule has 0 unspecified atom stereocenters. The number of nitrogens with one attached hydrogen (secondary N) is 2. The number of amides is 1. The van der Waals surface area contributed by atoms with E-state index >= 15 is 0 Å². The van der Waals surface area contributed by atoms with Crippen molar-refractivity contribution in [1.29, 1.82) is 0 Å². The topological polar surface area (TPSA) is 67.2 Å². The van der Waals surface area contributed by atoms with Crippen molar-refractivity contribution in [3.05, 3.63) is 41.4 Å². The predicted molar refractivity (Wildman–Crippen MR) is 82.8 cm³/mol. The number of carbonyl (C=O) groups is 1. The molecule has 2 N–H and O–H groups in total. The minimum Gasteiger partial charge on any atom is -0.432 e. The number of aromatic nitrogens is 1. The summed E-state index contributed by atoms with van der Waals surface area (Å²) in [7, 11) is 0. The van der Waals surface area contributed by atoms with Gasteiger partial charge in [-0.1, -0.05) is 23.7 Å². The maximum atomic E-state index is 12.3. The van der Waals surface area contributed by atoms with Gasteiger partial charge in [0.15, 0.2) is 5.76 Å². The van der Waals surface area contributed by atoms with Crippen LogP contribution in [0, 0.1) is 0 Å². The minimum absolute atomic E-state index is 0.0812. The number of hydrogen-bond acceptors (Lipinski definition) is 4. The second-order valence-corrected chi connectivity index (χ2v) is 6.28. The Morgan fingerprint density at radius 2 is 2.23 bits per heavy atom. The van der Waals surface area contributed by atoms with Crippen LogP contribution in [0.2, 0.25) is 5.02 Å². The number of nitrogens with zero attached hydrogens (tertiary/aromatic N) is 1. The Bertz CT molecular complexity index is 715. The van der Waals surface area contributed by atoms with Gasteiger partial charge in [0.05, 0.1) is 11.2 Å². The molecule has 5 nitrogen and oxygen atoms in total. The summed E-state index contributed by atoms with van der Waals surface area (Å²) in [6.07, 6.45) is 4.84. The van der Waals surface area contributed by atoms with Crippen LogP contribution in [-0.2, 0) is 0 Å². The molecule has 6 heteroatoms. The summed E-state index contributed by atoms with van der Waals surface area (Å²) in [5.41, 5.74) is 0.734. The molecule has 1 aromatic heterocycles. The van der Waals surface area contributed by atoms with Crippen molar-refractivity contribution in [2.75, 3.05) is 0 Å². The largest absolute Gasteiger partial charge is 0.432 e. The molecule has 3 heterocycles. The van der Waals surface area contributed by atoms with Crippen LogP contribution in [0.25, 0.3) is 11.3 Å². The van der Waals surface area contributed by atoms with Gasteiger partial charge in [0.1, 0.15) is 0 Å². The van der Waals surface area contributed by atoms with Gasteiger partial charge in [0, 0.05) is 23.7 Å². The number of halogens is 1. The van der Waals surface area contributed by atoms with Crippen LogP contribution in [0.1, 0.15) is 29.9 Å². The van der Waals surface area contributed by atoms with E-state index in [9.17, 15) is 4.79 Å². The second-order valence-electron chi connectivity index (χ2n) is 5.87. The van der Waals surface area contributed by atoms with Crippen molar-refractivity contribution < 1.29 is 9.21 Å². The number of rotatable bonds is 3. The molecule has 1 aromatic carbocycles. The maximum Gasteiger partial charge on any atom is 0.307 e. The van der Waals surface area contributed by atoms with Crippen molar-refractivity contribution >= 4 is 17.5 Å². The smallest absolute Gasteiger partial charge is 0.307 e. The Balaban J connectivity index is 1.49. The highest BCUT2D eigenvalue weighted by atomic mass is 35.5. The third-order valence-electron chi connectivity index (χ3n) is 4.46. The Morgan fingerprint density at radius 3 is 2.95 bits per heavy atom. The Kier molecular flexibility index (Phi) is 3.39. The zero-order valence-electron chi connectivity index (χ0n) is 11.9. The van der Waals surface area contributed by atoms with Crippen LogP contribution in [0.3, 0.4) is 0 Å². The first-order chi connectivity index (χ1) is 10.7. The molecule has 3 atom stereocenters. The number of fused-ring (bicyclic) bond motifs is 2. The molecule has 22 heavy (non-hydrogen) atoms. The number of benzene rings is 1. The van der Waals surface area contributed by atoms with E-state index in [1.807, 2.05) is 18.2 Å². The first kappa shape index (κ1) is 13.8. The summed E-state index contributed by atoms with van der Waals surface area (Å²) >= 11 is 6.13. The number of hydrogen-bond donors (Lipinski definition) is 2. The molecule has 2 aromatic rings. The fraction of sp³-hybridized carbons (Fsp3) is 0.375. The fourth-order valence-electron chi connectivity index (χ4n) is 3.38.